The fourth-order valence-corrected chi connectivity index (χ4v) is 1.51. The maximum atomic E-state index is 5.24. The average Bonchev–Trinajstić information content (AvgIpc) is 2.64. The third kappa shape index (κ3) is 1.46. The van der Waals surface area contributed by atoms with Crippen LogP contribution < -0.4 is 9.62 Å². The first-order chi connectivity index (χ1) is 6.85. The molecule has 0 aliphatic carbocycles. The lowest BCUT2D eigenvalue weighted by atomic mass is 10.1. The van der Waals surface area contributed by atoms with Gasteiger partial charge in [0.2, 0.25) is 0 Å². The van der Waals surface area contributed by atoms with Gasteiger partial charge in [-0.1, -0.05) is 6.08 Å². The molecule has 0 atom stereocenters. The van der Waals surface area contributed by atoms with Gasteiger partial charge in [-0.25, -0.2) is 0 Å². The van der Waals surface area contributed by atoms with Crippen molar-refractivity contribution in [2.75, 3.05) is 7.11 Å². The number of hydrogen-bond acceptors (Lipinski definition) is 3. The average molecular weight is 192 g/mol. The lowest BCUT2D eigenvalue weighted by molar-refractivity contribution is -0.194. The van der Waals surface area contributed by atoms with Crippen LogP contribution in [0.4, 0.5) is 0 Å². The molecule has 1 aliphatic heterocycles. The van der Waals surface area contributed by atoms with Crippen molar-refractivity contribution in [1.82, 2.24) is 0 Å². The molecule has 0 radical (unpaired) electrons. The Labute approximate surface area is 82.8 Å². The second kappa shape index (κ2) is 3.72. The fourth-order valence-electron chi connectivity index (χ4n) is 1.51. The molecule has 0 amide bonds. The third-order valence-electron chi connectivity index (χ3n) is 2.19. The van der Waals surface area contributed by atoms with E-state index in [4.69, 9.17) is 14.5 Å². The van der Waals surface area contributed by atoms with Crippen molar-refractivity contribution in [1.29, 1.82) is 0 Å². The van der Waals surface area contributed by atoms with Crippen LogP contribution in [-0.4, -0.2) is 7.11 Å². The Hall–Kier alpha value is -1.48. The Balaban J connectivity index is 2.43. The predicted molar refractivity (Wildman–Crippen MR) is 52.3 cm³/mol. The summed E-state index contributed by atoms with van der Waals surface area (Å²) in [4.78, 5) is 9.83. The molecule has 0 aromatic heterocycles. The van der Waals surface area contributed by atoms with Crippen molar-refractivity contribution in [2.24, 2.45) is 0 Å². The molecule has 0 unspecified atom stereocenters. The van der Waals surface area contributed by atoms with Gasteiger partial charge < -0.3 is 9.62 Å². The van der Waals surface area contributed by atoms with Gasteiger partial charge in [-0.2, -0.15) is 4.89 Å². The van der Waals surface area contributed by atoms with Crippen molar-refractivity contribution in [3.8, 4) is 11.5 Å². The monoisotopic (exact) mass is 192 g/mol. The van der Waals surface area contributed by atoms with Gasteiger partial charge in [0.05, 0.1) is 7.11 Å². The summed E-state index contributed by atoms with van der Waals surface area (Å²) in [7, 11) is 1.64. The first-order valence-corrected chi connectivity index (χ1v) is 4.45. The molecule has 1 aromatic carbocycles. The maximum absolute atomic E-state index is 5.24. The summed E-state index contributed by atoms with van der Waals surface area (Å²) in [6.07, 6.45) is 2.64. The maximum Gasteiger partial charge on any atom is 0.174 e. The zero-order valence-electron chi connectivity index (χ0n) is 8.08. The van der Waals surface area contributed by atoms with Crippen molar-refractivity contribution in [3.63, 3.8) is 0 Å². The van der Waals surface area contributed by atoms with Crippen LogP contribution in [0.3, 0.4) is 0 Å². The van der Waals surface area contributed by atoms with Crippen molar-refractivity contribution < 1.29 is 14.5 Å². The number of ether oxygens (including phenoxy) is 1. The molecular weight excluding hydrogens is 180 g/mol. The molecule has 1 heterocycles. The van der Waals surface area contributed by atoms with Gasteiger partial charge in [-0.3, -0.25) is 0 Å². The van der Waals surface area contributed by atoms with Gasteiger partial charge in [0.25, 0.3) is 0 Å². The predicted octanol–water partition coefficient (Wildman–Crippen LogP) is 2.25. The van der Waals surface area contributed by atoms with E-state index in [-0.39, 0.29) is 0 Å². The zero-order chi connectivity index (χ0) is 9.97. The number of hydrogen-bond donors (Lipinski definition) is 0. The number of fused-ring (bicyclic) bond motifs is 1. The highest BCUT2D eigenvalue weighted by atomic mass is 17.2. The number of benzene rings is 1. The minimum atomic E-state index is 0.503. The second-order valence-electron chi connectivity index (χ2n) is 3.11. The van der Waals surface area contributed by atoms with Crippen molar-refractivity contribution in [2.45, 2.75) is 13.0 Å². The van der Waals surface area contributed by atoms with Crippen LogP contribution in [0, 0.1) is 0 Å². The van der Waals surface area contributed by atoms with Crippen molar-refractivity contribution in [3.05, 3.63) is 35.9 Å². The summed E-state index contributed by atoms with van der Waals surface area (Å²) in [5, 5.41) is 0. The number of allylic oxidation sites excluding steroid dienone is 1. The number of rotatable bonds is 3. The second-order valence-corrected chi connectivity index (χ2v) is 3.11. The Morgan fingerprint density at radius 2 is 2.43 bits per heavy atom. The van der Waals surface area contributed by atoms with Gasteiger partial charge in [0.15, 0.2) is 5.75 Å². The summed E-state index contributed by atoms with van der Waals surface area (Å²) >= 11 is 0. The van der Waals surface area contributed by atoms with E-state index in [1.807, 2.05) is 18.2 Å². The van der Waals surface area contributed by atoms with E-state index in [1.54, 1.807) is 7.11 Å². The first kappa shape index (κ1) is 9.09. The topological polar surface area (TPSA) is 27.7 Å². The van der Waals surface area contributed by atoms with Crippen LogP contribution in [0.1, 0.15) is 11.1 Å². The van der Waals surface area contributed by atoms with Crippen LogP contribution in [0.5, 0.6) is 11.5 Å². The zero-order valence-corrected chi connectivity index (χ0v) is 8.08. The summed E-state index contributed by atoms with van der Waals surface area (Å²) in [6, 6.07) is 3.88. The molecule has 74 valence electrons. The SMILES string of the molecule is C=CCc1cc2c(cc1OC)OOC2. The summed E-state index contributed by atoms with van der Waals surface area (Å²) in [5.74, 6) is 1.56. The molecule has 1 aliphatic rings. The number of methoxy groups -OCH3 is 1. The summed E-state index contributed by atoms with van der Waals surface area (Å²) in [5.41, 5.74) is 2.16. The largest absolute Gasteiger partial charge is 0.496 e. The van der Waals surface area contributed by atoms with E-state index in [2.05, 4.69) is 6.58 Å². The Morgan fingerprint density at radius 3 is 3.14 bits per heavy atom. The van der Waals surface area contributed by atoms with Crippen LogP contribution >= 0.6 is 0 Å². The van der Waals surface area contributed by atoms with E-state index in [0.717, 1.165) is 29.0 Å². The third-order valence-corrected chi connectivity index (χ3v) is 2.19. The lowest BCUT2D eigenvalue weighted by Gasteiger charge is -2.07. The van der Waals surface area contributed by atoms with Gasteiger partial charge in [-0.05, 0) is 18.1 Å². The summed E-state index contributed by atoms with van der Waals surface area (Å²) in [6.45, 7) is 4.21. The Morgan fingerprint density at radius 1 is 1.57 bits per heavy atom. The Bertz CT molecular complexity index is 358. The quantitative estimate of drug-likeness (QED) is 0.543. The molecule has 0 spiro atoms. The van der Waals surface area contributed by atoms with Crippen LogP contribution in [-0.2, 0) is 17.9 Å². The standard InChI is InChI=1S/C11H12O3/c1-3-4-8-5-9-7-13-14-11(9)6-10(8)12-2/h3,5-6H,1,4,7H2,2H3. The molecule has 0 fully saturated rings. The molecule has 3 nitrogen and oxygen atoms in total. The van der Waals surface area contributed by atoms with Gasteiger partial charge in [0.1, 0.15) is 12.4 Å². The van der Waals surface area contributed by atoms with E-state index >= 15 is 0 Å². The minimum Gasteiger partial charge on any atom is -0.496 e. The van der Waals surface area contributed by atoms with Gasteiger partial charge >= 0.3 is 0 Å². The van der Waals surface area contributed by atoms with Gasteiger partial charge in [-0.15, -0.1) is 6.58 Å². The van der Waals surface area contributed by atoms with E-state index in [9.17, 15) is 0 Å². The molecule has 0 saturated heterocycles. The molecule has 0 saturated carbocycles. The highest BCUT2D eigenvalue weighted by Crippen LogP contribution is 2.33. The van der Waals surface area contributed by atoms with E-state index < -0.39 is 0 Å². The van der Waals surface area contributed by atoms with Crippen LogP contribution in [0.2, 0.25) is 0 Å². The highest BCUT2D eigenvalue weighted by molar-refractivity contribution is 5.47. The molecule has 1 aromatic rings. The fraction of sp³-hybridized carbons (Fsp3) is 0.273. The van der Waals surface area contributed by atoms with Crippen molar-refractivity contribution >= 4 is 0 Å². The van der Waals surface area contributed by atoms with Gasteiger partial charge in [0, 0.05) is 11.6 Å². The molecule has 2 rings (SSSR count). The smallest absolute Gasteiger partial charge is 0.174 e. The van der Waals surface area contributed by atoms with Crippen LogP contribution in [0.15, 0.2) is 24.8 Å². The molecule has 0 bridgehead atoms. The highest BCUT2D eigenvalue weighted by Gasteiger charge is 2.17. The minimum absolute atomic E-state index is 0.503. The first-order valence-electron chi connectivity index (χ1n) is 4.45. The Kier molecular flexibility index (Phi) is 2.41. The molecular formula is C11H12O3. The van der Waals surface area contributed by atoms with Crippen LogP contribution in [0.25, 0.3) is 0 Å². The lowest BCUT2D eigenvalue weighted by Crippen LogP contribution is -1.92. The van der Waals surface area contributed by atoms with E-state index in [0.29, 0.717) is 6.61 Å². The normalized spacial score (nSPS) is 13.2. The summed E-state index contributed by atoms with van der Waals surface area (Å²) < 4.78 is 5.24. The van der Waals surface area contributed by atoms with E-state index in [1.165, 1.54) is 0 Å². The molecule has 14 heavy (non-hydrogen) atoms. The molecule has 3 heteroatoms. The molecule has 0 N–H and O–H groups in total.